The maximum Gasteiger partial charge on any atom is 0.320 e. The number of aromatic nitrogens is 3. The molecule has 0 aliphatic rings. The number of hydrogen-bond donors (Lipinski definition) is 3. The van der Waals surface area contributed by atoms with Gasteiger partial charge in [0.25, 0.3) is 0 Å². The molecule has 2 heterocycles. The van der Waals surface area contributed by atoms with E-state index in [0.717, 1.165) is 17.2 Å². The fraction of sp³-hybridized carbons (Fsp3) is 0.0909. The van der Waals surface area contributed by atoms with Gasteiger partial charge in [0.1, 0.15) is 22.8 Å². The second-order valence-electron chi connectivity index (χ2n) is 6.34. The third-order valence-corrected chi connectivity index (χ3v) is 4.09. The first kappa shape index (κ1) is 19.1. The number of pyridine rings is 1. The number of fused-ring (bicyclic) bond motifs is 1. The Kier molecular flexibility index (Phi) is 5.66. The summed E-state index contributed by atoms with van der Waals surface area (Å²) >= 11 is 0. The molecule has 0 saturated carbocycles. The standard InChI is InChI=1S/C22H20N6O2/c1-2-23-22(29)28-19-13-12-18-21(26-19)27-20(14-24-18)25-15-8-10-17(11-9-15)30-16-6-4-3-5-7-16/h3-14H,2H2,1H3,(H3,23,25,26,27,28,29). The van der Waals surface area contributed by atoms with Crippen molar-refractivity contribution in [2.75, 3.05) is 17.2 Å². The number of anilines is 3. The number of nitrogens with one attached hydrogen (secondary N) is 3. The average Bonchev–Trinajstić information content (AvgIpc) is 2.76. The first-order valence-corrected chi connectivity index (χ1v) is 9.48. The predicted molar refractivity (Wildman–Crippen MR) is 116 cm³/mol. The predicted octanol–water partition coefficient (Wildman–Crippen LogP) is 4.70. The molecule has 0 aliphatic heterocycles. The van der Waals surface area contributed by atoms with Gasteiger partial charge in [0.2, 0.25) is 0 Å². The van der Waals surface area contributed by atoms with E-state index in [1.165, 1.54) is 0 Å². The highest BCUT2D eigenvalue weighted by molar-refractivity contribution is 5.89. The molecule has 2 aromatic carbocycles. The van der Waals surface area contributed by atoms with Gasteiger partial charge < -0.3 is 15.4 Å². The van der Waals surface area contributed by atoms with E-state index in [9.17, 15) is 4.79 Å². The summed E-state index contributed by atoms with van der Waals surface area (Å²) in [6, 6.07) is 20.3. The summed E-state index contributed by atoms with van der Waals surface area (Å²) in [7, 11) is 0. The van der Waals surface area contributed by atoms with Gasteiger partial charge in [-0.3, -0.25) is 5.32 Å². The molecule has 2 aromatic heterocycles. The fourth-order valence-electron chi connectivity index (χ4n) is 2.73. The van der Waals surface area contributed by atoms with Crippen molar-refractivity contribution in [3.05, 3.63) is 72.9 Å². The van der Waals surface area contributed by atoms with Gasteiger partial charge >= 0.3 is 6.03 Å². The normalized spacial score (nSPS) is 10.4. The van der Waals surface area contributed by atoms with Crippen LogP contribution in [0.25, 0.3) is 11.2 Å². The summed E-state index contributed by atoms with van der Waals surface area (Å²) in [4.78, 5) is 24.9. The van der Waals surface area contributed by atoms with Crippen LogP contribution in [0.2, 0.25) is 0 Å². The van der Waals surface area contributed by atoms with E-state index in [1.807, 2.05) is 61.5 Å². The lowest BCUT2D eigenvalue weighted by molar-refractivity contribution is 0.252. The first-order valence-electron chi connectivity index (χ1n) is 9.48. The zero-order chi connectivity index (χ0) is 20.8. The number of para-hydroxylation sites is 1. The van der Waals surface area contributed by atoms with E-state index < -0.39 is 0 Å². The van der Waals surface area contributed by atoms with Crippen LogP contribution in [0.1, 0.15) is 6.92 Å². The molecule has 2 amide bonds. The van der Waals surface area contributed by atoms with Crippen LogP contribution in [0.15, 0.2) is 72.9 Å². The molecule has 0 fully saturated rings. The largest absolute Gasteiger partial charge is 0.457 e. The van der Waals surface area contributed by atoms with Gasteiger partial charge in [-0.1, -0.05) is 18.2 Å². The third kappa shape index (κ3) is 4.79. The number of urea groups is 1. The highest BCUT2D eigenvalue weighted by Crippen LogP contribution is 2.24. The summed E-state index contributed by atoms with van der Waals surface area (Å²) in [6.07, 6.45) is 1.63. The maximum absolute atomic E-state index is 11.7. The lowest BCUT2D eigenvalue weighted by atomic mass is 10.3. The molecule has 0 spiro atoms. The third-order valence-electron chi connectivity index (χ3n) is 4.09. The Labute approximate surface area is 173 Å². The first-order chi connectivity index (χ1) is 14.7. The summed E-state index contributed by atoms with van der Waals surface area (Å²) in [5.74, 6) is 2.46. The van der Waals surface area contributed by atoms with Crippen molar-refractivity contribution in [2.45, 2.75) is 6.92 Å². The average molecular weight is 400 g/mol. The summed E-state index contributed by atoms with van der Waals surface area (Å²) in [5.41, 5.74) is 1.90. The number of ether oxygens (including phenoxy) is 1. The van der Waals surface area contributed by atoms with Crippen LogP contribution >= 0.6 is 0 Å². The summed E-state index contributed by atoms with van der Waals surface area (Å²) in [5, 5.41) is 8.52. The van der Waals surface area contributed by atoms with E-state index in [4.69, 9.17) is 4.74 Å². The summed E-state index contributed by atoms with van der Waals surface area (Å²) < 4.78 is 5.80. The minimum Gasteiger partial charge on any atom is -0.457 e. The van der Waals surface area contributed by atoms with Gasteiger partial charge in [-0.25, -0.2) is 19.7 Å². The molecule has 0 atom stereocenters. The van der Waals surface area contributed by atoms with Gasteiger partial charge in [-0.15, -0.1) is 0 Å². The zero-order valence-electron chi connectivity index (χ0n) is 16.3. The van der Waals surface area contributed by atoms with Crippen molar-refractivity contribution in [2.24, 2.45) is 0 Å². The van der Waals surface area contributed by atoms with E-state index in [1.54, 1.807) is 18.3 Å². The Morgan fingerprint density at radius 3 is 2.40 bits per heavy atom. The molecule has 0 unspecified atom stereocenters. The van der Waals surface area contributed by atoms with Crippen molar-refractivity contribution < 1.29 is 9.53 Å². The Bertz CT molecular complexity index is 1150. The maximum atomic E-state index is 11.7. The Morgan fingerprint density at radius 1 is 0.900 bits per heavy atom. The topological polar surface area (TPSA) is 101 Å². The molecule has 4 rings (SSSR count). The Hall–Kier alpha value is -4.20. The molecule has 8 heteroatoms. The van der Waals surface area contributed by atoms with Crippen LogP contribution in [0.5, 0.6) is 11.5 Å². The number of amides is 2. The molecule has 150 valence electrons. The van der Waals surface area contributed by atoms with E-state index in [2.05, 4.69) is 30.9 Å². The number of rotatable bonds is 6. The number of benzene rings is 2. The second kappa shape index (κ2) is 8.87. The highest BCUT2D eigenvalue weighted by Gasteiger charge is 2.06. The van der Waals surface area contributed by atoms with Crippen LogP contribution in [0, 0.1) is 0 Å². The van der Waals surface area contributed by atoms with Crippen LogP contribution in [-0.2, 0) is 0 Å². The van der Waals surface area contributed by atoms with Crippen molar-refractivity contribution >= 4 is 34.5 Å². The molecule has 3 N–H and O–H groups in total. The van der Waals surface area contributed by atoms with Gasteiger partial charge in [0.05, 0.1) is 6.20 Å². The van der Waals surface area contributed by atoms with E-state index >= 15 is 0 Å². The SMILES string of the molecule is CCNC(=O)Nc1ccc2ncc(Nc3ccc(Oc4ccccc4)cc3)nc2n1. The molecule has 0 aliphatic carbocycles. The summed E-state index contributed by atoms with van der Waals surface area (Å²) in [6.45, 7) is 2.37. The van der Waals surface area contributed by atoms with E-state index in [-0.39, 0.29) is 6.03 Å². The van der Waals surface area contributed by atoms with Crippen molar-refractivity contribution in [1.82, 2.24) is 20.3 Å². The lowest BCUT2D eigenvalue weighted by Crippen LogP contribution is -2.28. The molecule has 0 bridgehead atoms. The Balaban J connectivity index is 1.47. The van der Waals surface area contributed by atoms with Crippen molar-refractivity contribution in [3.63, 3.8) is 0 Å². The fourth-order valence-corrected chi connectivity index (χ4v) is 2.73. The van der Waals surface area contributed by atoms with Gasteiger partial charge in [0.15, 0.2) is 11.5 Å². The van der Waals surface area contributed by atoms with Crippen LogP contribution in [0.3, 0.4) is 0 Å². The molecule has 30 heavy (non-hydrogen) atoms. The smallest absolute Gasteiger partial charge is 0.320 e. The molecule has 0 radical (unpaired) electrons. The number of nitrogens with zero attached hydrogens (tertiary/aromatic N) is 3. The number of hydrogen-bond acceptors (Lipinski definition) is 6. The lowest BCUT2D eigenvalue weighted by Gasteiger charge is -2.09. The number of carbonyl (C=O) groups is 1. The molecular weight excluding hydrogens is 380 g/mol. The Morgan fingerprint density at radius 2 is 1.63 bits per heavy atom. The zero-order valence-corrected chi connectivity index (χ0v) is 16.3. The molecule has 0 saturated heterocycles. The van der Waals surface area contributed by atoms with Gasteiger partial charge in [-0.2, -0.15) is 0 Å². The van der Waals surface area contributed by atoms with Crippen molar-refractivity contribution in [3.8, 4) is 11.5 Å². The van der Waals surface area contributed by atoms with Gasteiger partial charge in [0, 0.05) is 12.2 Å². The minimum absolute atomic E-state index is 0.315. The molecule has 8 nitrogen and oxygen atoms in total. The van der Waals surface area contributed by atoms with Crippen molar-refractivity contribution in [1.29, 1.82) is 0 Å². The quantitative estimate of drug-likeness (QED) is 0.434. The minimum atomic E-state index is -0.315. The van der Waals surface area contributed by atoms with Crippen LogP contribution < -0.4 is 20.7 Å². The molecule has 4 aromatic rings. The van der Waals surface area contributed by atoms with Crippen LogP contribution in [0.4, 0.5) is 22.1 Å². The van der Waals surface area contributed by atoms with Gasteiger partial charge in [-0.05, 0) is 55.5 Å². The second-order valence-corrected chi connectivity index (χ2v) is 6.34. The van der Waals surface area contributed by atoms with E-state index in [0.29, 0.717) is 29.3 Å². The number of carbonyl (C=O) groups excluding carboxylic acids is 1. The van der Waals surface area contributed by atoms with Crippen LogP contribution in [-0.4, -0.2) is 27.5 Å². The monoisotopic (exact) mass is 400 g/mol. The highest BCUT2D eigenvalue weighted by atomic mass is 16.5. The molecular formula is C22H20N6O2.